The van der Waals surface area contributed by atoms with E-state index in [9.17, 15) is 4.79 Å². The van der Waals surface area contributed by atoms with E-state index in [4.69, 9.17) is 9.47 Å². The van der Waals surface area contributed by atoms with Crippen molar-refractivity contribution in [3.8, 4) is 12.0 Å². The molecule has 0 saturated heterocycles. The number of amides is 1. The predicted octanol–water partition coefficient (Wildman–Crippen LogP) is 1.10. The fourth-order valence-corrected chi connectivity index (χ4v) is 3.27. The van der Waals surface area contributed by atoms with Crippen molar-refractivity contribution in [3.63, 3.8) is 0 Å². The van der Waals surface area contributed by atoms with Crippen molar-refractivity contribution in [1.82, 2.24) is 45.0 Å². The summed E-state index contributed by atoms with van der Waals surface area (Å²) in [7, 11) is 0. The van der Waals surface area contributed by atoms with Gasteiger partial charge in [-0.1, -0.05) is 27.7 Å². The van der Waals surface area contributed by atoms with Gasteiger partial charge in [0.05, 0.1) is 6.54 Å². The van der Waals surface area contributed by atoms with E-state index < -0.39 is 0 Å². The van der Waals surface area contributed by atoms with Crippen molar-refractivity contribution in [2.75, 3.05) is 76.2 Å². The topological polar surface area (TPSA) is 155 Å². The highest BCUT2D eigenvalue weighted by molar-refractivity contribution is 5.80. The number of ether oxygens (including phenoxy) is 2. The number of hydrogen-bond acceptors (Lipinski definition) is 13. The van der Waals surface area contributed by atoms with Gasteiger partial charge in [0.1, 0.15) is 19.0 Å². The third-order valence-electron chi connectivity index (χ3n) is 5.41. The average Bonchev–Trinajstić information content (AvgIpc) is 2.88. The van der Waals surface area contributed by atoms with Crippen LogP contribution in [-0.2, 0) is 4.79 Å². The number of aryl methyl sites for hydroxylation is 1. The summed E-state index contributed by atoms with van der Waals surface area (Å²) in [6.45, 7) is 18.6. The molecule has 0 radical (unpaired) electrons. The molecule has 37 heavy (non-hydrogen) atoms. The number of anilines is 3. The number of hydrogen-bond donors (Lipinski definition) is 3. The Morgan fingerprint density at radius 2 is 1.24 bits per heavy atom. The van der Waals surface area contributed by atoms with E-state index in [1.807, 2.05) is 6.92 Å². The number of rotatable bonds is 18. The Morgan fingerprint density at radius 1 is 0.730 bits per heavy atom. The van der Waals surface area contributed by atoms with Gasteiger partial charge in [0.15, 0.2) is 0 Å². The predicted molar refractivity (Wildman–Crippen MR) is 141 cm³/mol. The van der Waals surface area contributed by atoms with Crippen LogP contribution in [0.15, 0.2) is 0 Å². The molecule has 3 N–H and O–H groups in total. The van der Waals surface area contributed by atoms with Gasteiger partial charge in [-0.3, -0.25) is 10.1 Å². The molecule has 0 aromatic carbocycles. The highest BCUT2D eigenvalue weighted by Crippen LogP contribution is 2.17. The van der Waals surface area contributed by atoms with Crippen LogP contribution < -0.4 is 25.4 Å². The molecule has 0 spiro atoms. The van der Waals surface area contributed by atoms with Gasteiger partial charge in [0.2, 0.25) is 23.8 Å². The summed E-state index contributed by atoms with van der Waals surface area (Å²) < 4.78 is 11.6. The van der Waals surface area contributed by atoms with Gasteiger partial charge >= 0.3 is 12.0 Å². The van der Waals surface area contributed by atoms with Gasteiger partial charge in [-0.2, -0.15) is 24.9 Å². The fraction of sp³-hybridized carbons (Fsp3) is 0.696. The van der Waals surface area contributed by atoms with Gasteiger partial charge in [-0.25, -0.2) is 0 Å². The lowest BCUT2D eigenvalue weighted by molar-refractivity contribution is -0.119. The lowest BCUT2D eigenvalue weighted by atomic mass is 10.5. The molecule has 2 rings (SSSR count). The van der Waals surface area contributed by atoms with Crippen LogP contribution in [0.4, 0.5) is 17.8 Å². The maximum absolute atomic E-state index is 11.8. The van der Waals surface area contributed by atoms with E-state index >= 15 is 0 Å². The van der Waals surface area contributed by atoms with Gasteiger partial charge in [0.25, 0.3) is 0 Å². The van der Waals surface area contributed by atoms with E-state index in [0.29, 0.717) is 25.6 Å². The smallest absolute Gasteiger partial charge is 0.324 e. The number of likely N-dealkylation sites (N-methyl/N-ethyl adjacent to an activating group) is 3. The van der Waals surface area contributed by atoms with Gasteiger partial charge in [-0.15, -0.1) is 4.98 Å². The molecule has 2 aromatic rings. The first-order chi connectivity index (χ1) is 17.9. The zero-order valence-corrected chi connectivity index (χ0v) is 22.9. The van der Waals surface area contributed by atoms with E-state index in [2.05, 4.69) is 83.3 Å². The minimum atomic E-state index is -0.162. The van der Waals surface area contributed by atoms with E-state index in [1.165, 1.54) is 0 Å². The van der Waals surface area contributed by atoms with Crippen LogP contribution in [0.1, 0.15) is 40.4 Å². The standard InChI is InChI=1S/C23H41N11O3/c1-7-24-18(35)16-25-19-26-17(6)27-20(28-19)29-21-30-22(36-14-12-33(8-2)9-3)32-23(31-21)37-15-13-34(10-4)11-5/h7-16H2,1-6H3,(H,24,35)(H2,25,26,27,28,29,30,31,32). The lowest BCUT2D eigenvalue weighted by Crippen LogP contribution is -2.30. The van der Waals surface area contributed by atoms with Crippen molar-refractivity contribution < 1.29 is 14.3 Å². The monoisotopic (exact) mass is 519 g/mol. The Labute approximate surface area is 219 Å². The van der Waals surface area contributed by atoms with Crippen LogP contribution in [0.2, 0.25) is 0 Å². The van der Waals surface area contributed by atoms with Crippen LogP contribution >= 0.6 is 0 Å². The summed E-state index contributed by atoms with van der Waals surface area (Å²) in [5.41, 5.74) is 0. The molecule has 0 atom stereocenters. The van der Waals surface area contributed by atoms with Crippen molar-refractivity contribution in [2.24, 2.45) is 0 Å². The normalized spacial score (nSPS) is 11.0. The SMILES string of the molecule is CCNC(=O)CNc1nc(C)nc(Nc2nc(OCCN(CC)CC)nc(OCCN(CC)CC)n2)n1. The van der Waals surface area contributed by atoms with Crippen LogP contribution in [-0.4, -0.2) is 111 Å². The zero-order valence-electron chi connectivity index (χ0n) is 22.9. The molecule has 0 aliphatic carbocycles. The Kier molecular flexibility index (Phi) is 13.2. The molecule has 0 fully saturated rings. The zero-order chi connectivity index (χ0) is 27.0. The molecule has 2 aromatic heterocycles. The number of carbonyl (C=O) groups is 1. The second kappa shape index (κ2) is 16.4. The highest BCUT2D eigenvalue weighted by atomic mass is 16.5. The molecule has 14 nitrogen and oxygen atoms in total. The quantitative estimate of drug-likeness (QED) is 0.257. The van der Waals surface area contributed by atoms with Crippen LogP contribution in [0.3, 0.4) is 0 Å². The summed E-state index contributed by atoms with van der Waals surface area (Å²) in [5, 5.41) is 8.58. The fourth-order valence-electron chi connectivity index (χ4n) is 3.27. The summed E-state index contributed by atoms with van der Waals surface area (Å²) >= 11 is 0. The van der Waals surface area contributed by atoms with Crippen molar-refractivity contribution in [3.05, 3.63) is 5.82 Å². The first kappa shape index (κ1) is 29.8. The summed E-state index contributed by atoms with van der Waals surface area (Å²) in [6, 6.07) is 0.283. The maximum atomic E-state index is 11.8. The molecular weight excluding hydrogens is 478 g/mol. The average molecular weight is 520 g/mol. The molecule has 0 aliphatic rings. The number of nitrogens with zero attached hydrogens (tertiary/aromatic N) is 8. The van der Waals surface area contributed by atoms with Crippen molar-refractivity contribution >= 4 is 23.8 Å². The number of nitrogens with one attached hydrogen (secondary N) is 3. The Hall–Kier alpha value is -3.39. The molecule has 0 aliphatic heterocycles. The molecular formula is C23H41N11O3. The lowest BCUT2D eigenvalue weighted by Gasteiger charge is -2.18. The van der Waals surface area contributed by atoms with Crippen molar-refractivity contribution in [2.45, 2.75) is 41.5 Å². The first-order valence-corrected chi connectivity index (χ1v) is 12.9. The van der Waals surface area contributed by atoms with Crippen molar-refractivity contribution in [1.29, 1.82) is 0 Å². The summed E-state index contributed by atoms with van der Waals surface area (Å²) in [4.78, 5) is 42.1. The number of aromatic nitrogens is 6. The minimum absolute atomic E-state index is 0.0392. The molecule has 206 valence electrons. The van der Waals surface area contributed by atoms with Crippen LogP contribution in [0.5, 0.6) is 12.0 Å². The van der Waals surface area contributed by atoms with Gasteiger partial charge in [0, 0.05) is 19.6 Å². The minimum Gasteiger partial charge on any atom is -0.462 e. The second-order valence-corrected chi connectivity index (χ2v) is 7.94. The molecule has 2 heterocycles. The molecule has 0 unspecified atom stereocenters. The third kappa shape index (κ3) is 11.0. The van der Waals surface area contributed by atoms with E-state index in [1.54, 1.807) is 6.92 Å². The molecule has 1 amide bonds. The van der Waals surface area contributed by atoms with Gasteiger partial charge < -0.3 is 29.9 Å². The summed E-state index contributed by atoms with van der Waals surface area (Å²) in [6.07, 6.45) is 0. The molecule has 0 saturated carbocycles. The number of carbonyl (C=O) groups excluding carboxylic acids is 1. The van der Waals surface area contributed by atoms with E-state index in [-0.39, 0.29) is 42.3 Å². The summed E-state index contributed by atoms with van der Waals surface area (Å²) in [5.74, 6) is 0.926. The molecule has 0 bridgehead atoms. The Bertz CT molecular complexity index is 919. The van der Waals surface area contributed by atoms with Crippen LogP contribution in [0.25, 0.3) is 0 Å². The Morgan fingerprint density at radius 3 is 1.76 bits per heavy atom. The van der Waals surface area contributed by atoms with E-state index in [0.717, 1.165) is 39.3 Å². The second-order valence-electron chi connectivity index (χ2n) is 7.94. The largest absolute Gasteiger partial charge is 0.462 e. The third-order valence-corrected chi connectivity index (χ3v) is 5.41. The Balaban J connectivity index is 2.17. The molecule has 14 heteroatoms. The maximum Gasteiger partial charge on any atom is 0.324 e. The van der Waals surface area contributed by atoms with Gasteiger partial charge in [-0.05, 0) is 40.0 Å². The van der Waals surface area contributed by atoms with Crippen LogP contribution in [0, 0.1) is 6.92 Å². The first-order valence-electron chi connectivity index (χ1n) is 12.9. The highest BCUT2D eigenvalue weighted by Gasteiger charge is 2.13.